The molecular weight excluding hydrogens is 304 g/mol. The highest BCUT2D eigenvalue weighted by Gasteiger charge is 2.27. The van der Waals surface area contributed by atoms with Crippen molar-refractivity contribution in [3.8, 4) is 0 Å². The van der Waals surface area contributed by atoms with Crippen LogP contribution in [0.15, 0.2) is 12.3 Å². The molecule has 0 radical (unpaired) electrons. The van der Waals surface area contributed by atoms with E-state index in [2.05, 4.69) is 22.2 Å². The Balaban J connectivity index is 1.56. The van der Waals surface area contributed by atoms with Gasteiger partial charge in [0.2, 0.25) is 5.91 Å². The van der Waals surface area contributed by atoms with Gasteiger partial charge in [-0.05, 0) is 32.6 Å². The van der Waals surface area contributed by atoms with Crippen LogP contribution >= 0.6 is 0 Å². The third kappa shape index (κ3) is 3.98. The lowest BCUT2D eigenvalue weighted by Crippen LogP contribution is -2.42. The lowest BCUT2D eigenvalue weighted by molar-refractivity contribution is -0.119. The summed E-state index contributed by atoms with van der Waals surface area (Å²) in [6, 6.07) is 2.74. The van der Waals surface area contributed by atoms with Crippen LogP contribution in [-0.4, -0.2) is 53.4 Å². The first-order valence-electron chi connectivity index (χ1n) is 9.26. The van der Waals surface area contributed by atoms with Crippen molar-refractivity contribution in [1.82, 2.24) is 14.7 Å². The zero-order valence-electron chi connectivity index (χ0n) is 14.9. The second-order valence-electron chi connectivity index (χ2n) is 7.20. The minimum atomic E-state index is 0.167. The lowest BCUT2D eigenvalue weighted by atomic mass is 10.0. The predicted molar refractivity (Wildman–Crippen MR) is 94.0 cm³/mol. The number of carbonyl (C=O) groups is 1. The molecule has 0 aromatic carbocycles. The third-order valence-electron chi connectivity index (χ3n) is 5.52. The maximum Gasteiger partial charge on any atom is 0.228 e. The zero-order chi connectivity index (χ0) is 16.9. The van der Waals surface area contributed by atoms with E-state index in [9.17, 15) is 4.79 Å². The van der Waals surface area contributed by atoms with E-state index in [4.69, 9.17) is 4.74 Å². The van der Waals surface area contributed by atoms with Crippen LogP contribution in [0.4, 0.5) is 5.82 Å². The molecule has 1 saturated carbocycles. The van der Waals surface area contributed by atoms with Crippen molar-refractivity contribution in [3.05, 3.63) is 12.3 Å². The van der Waals surface area contributed by atoms with E-state index < -0.39 is 0 Å². The van der Waals surface area contributed by atoms with E-state index in [1.807, 2.05) is 10.7 Å². The van der Waals surface area contributed by atoms with Crippen LogP contribution in [0.3, 0.4) is 0 Å². The van der Waals surface area contributed by atoms with Crippen LogP contribution in [-0.2, 0) is 9.53 Å². The quantitative estimate of drug-likeness (QED) is 0.869. The van der Waals surface area contributed by atoms with Gasteiger partial charge in [-0.15, -0.1) is 0 Å². The average Bonchev–Trinajstić information content (AvgIpc) is 3.27. The molecule has 1 aliphatic carbocycles. The summed E-state index contributed by atoms with van der Waals surface area (Å²) in [6.45, 7) is 5.08. The van der Waals surface area contributed by atoms with Crippen molar-refractivity contribution in [2.45, 2.75) is 57.5 Å². The summed E-state index contributed by atoms with van der Waals surface area (Å²) in [7, 11) is 1.76. The van der Waals surface area contributed by atoms with Gasteiger partial charge < -0.3 is 10.1 Å². The first-order valence-corrected chi connectivity index (χ1v) is 9.26. The summed E-state index contributed by atoms with van der Waals surface area (Å²) in [4.78, 5) is 14.9. The highest BCUT2D eigenvalue weighted by Crippen LogP contribution is 2.29. The Hall–Kier alpha value is -1.40. The smallest absolute Gasteiger partial charge is 0.228 e. The number of piperidine rings is 1. The van der Waals surface area contributed by atoms with Crippen molar-refractivity contribution >= 4 is 11.7 Å². The number of nitrogens with zero attached hydrogens (tertiary/aromatic N) is 3. The molecule has 2 aliphatic rings. The number of aromatic nitrogens is 2. The van der Waals surface area contributed by atoms with E-state index in [-0.39, 0.29) is 11.8 Å². The van der Waals surface area contributed by atoms with E-state index in [0.29, 0.717) is 12.1 Å². The largest absolute Gasteiger partial charge is 0.383 e. The summed E-state index contributed by atoms with van der Waals surface area (Å²) in [5.41, 5.74) is 0. The van der Waals surface area contributed by atoms with Crippen molar-refractivity contribution in [1.29, 1.82) is 0 Å². The summed E-state index contributed by atoms with van der Waals surface area (Å²) < 4.78 is 7.28. The third-order valence-corrected chi connectivity index (χ3v) is 5.52. The monoisotopic (exact) mass is 334 g/mol. The van der Waals surface area contributed by atoms with Gasteiger partial charge in [0.25, 0.3) is 0 Å². The second kappa shape index (κ2) is 8.12. The molecule has 1 atom stereocenters. The first-order chi connectivity index (χ1) is 11.7. The molecule has 1 saturated heterocycles. The molecule has 1 aliphatic heterocycles. The molecule has 0 spiro atoms. The Kier molecular flexibility index (Phi) is 5.89. The van der Waals surface area contributed by atoms with Crippen molar-refractivity contribution < 1.29 is 9.53 Å². The van der Waals surface area contributed by atoms with Gasteiger partial charge in [-0.1, -0.05) is 12.8 Å². The minimum Gasteiger partial charge on any atom is -0.383 e. The van der Waals surface area contributed by atoms with Gasteiger partial charge in [0.1, 0.15) is 5.82 Å². The minimum absolute atomic E-state index is 0.167. The SMILES string of the molecule is COCC(C)N1CCC(n2nccc2NC(=O)C2CCCC2)CC1. The topological polar surface area (TPSA) is 59.4 Å². The van der Waals surface area contributed by atoms with Gasteiger partial charge in [0.05, 0.1) is 18.8 Å². The second-order valence-corrected chi connectivity index (χ2v) is 7.20. The van der Waals surface area contributed by atoms with E-state index >= 15 is 0 Å². The van der Waals surface area contributed by atoms with Crippen LogP contribution in [0, 0.1) is 5.92 Å². The van der Waals surface area contributed by atoms with E-state index in [1.54, 1.807) is 13.3 Å². The van der Waals surface area contributed by atoms with E-state index in [0.717, 1.165) is 51.2 Å². The molecular formula is C18H30N4O2. The fourth-order valence-corrected chi connectivity index (χ4v) is 4.04. The van der Waals surface area contributed by atoms with Crippen LogP contribution < -0.4 is 5.32 Å². The molecule has 3 rings (SSSR count). The number of methoxy groups -OCH3 is 1. The summed E-state index contributed by atoms with van der Waals surface area (Å²) >= 11 is 0. The zero-order valence-corrected chi connectivity index (χ0v) is 14.9. The fourth-order valence-electron chi connectivity index (χ4n) is 4.04. The number of hydrogen-bond donors (Lipinski definition) is 1. The molecule has 1 unspecified atom stereocenters. The normalized spacial score (nSPS) is 21.9. The van der Waals surface area contributed by atoms with Gasteiger partial charge >= 0.3 is 0 Å². The number of carbonyl (C=O) groups excluding carboxylic acids is 1. The maximum atomic E-state index is 12.4. The van der Waals surface area contributed by atoms with Crippen LogP contribution in [0.2, 0.25) is 0 Å². The molecule has 6 heteroatoms. The number of hydrogen-bond acceptors (Lipinski definition) is 4. The van der Waals surface area contributed by atoms with Gasteiger partial charge in [-0.25, -0.2) is 4.68 Å². The van der Waals surface area contributed by atoms with E-state index in [1.165, 1.54) is 12.8 Å². The summed E-state index contributed by atoms with van der Waals surface area (Å²) in [6.07, 6.45) is 8.31. The molecule has 6 nitrogen and oxygen atoms in total. The summed E-state index contributed by atoms with van der Waals surface area (Å²) in [5, 5.41) is 7.60. The van der Waals surface area contributed by atoms with Crippen LogP contribution in [0.5, 0.6) is 0 Å². The number of rotatable bonds is 6. The molecule has 24 heavy (non-hydrogen) atoms. The Morgan fingerprint density at radius 1 is 1.33 bits per heavy atom. The van der Waals surface area contributed by atoms with Crippen molar-refractivity contribution in [2.75, 3.05) is 32.1 Å². The maximum absolute atomic E-state index is 12.4. The fraction of sp³-hybridized carbons (Fsp3) is 0.778. The molecule has 1 aromatic rings. The predicted octanol–water partition coefficient (Wildman–Crippen LogP) is 2.68. The standard InChI is InChI=1S/C18H30N4O2/c1-14(13-24-2)21-11-8-16(9-12-21)22-17(7-10-19-22)20-18(23)15-5-3-4-6-15/h7,10,14-16H,3-6,8-9,11-13H2,1-2H3,(H,20,23). The Bertz CT molecular complexity index is 531. The van der Waals surface area contributed by atoms with Gasteiger partial charge in [0, 0.05) is 38.2 Å². The molecule has 2 fully saturated rings. The number of ether oxygens (including phenoxy) is 1. The Morgan fingerprint density at radius 3 is 2.71 bits per heavy atom. The molecule has 1 aromatic heterocycles. The lowest BCUT2D eigenvalue weighted by Gasteiger charge is -2.36. The van der Waals surface area contributed by atoms with Crippen LogP contribution in [0.1, 0.15) is 51.5 Å². The highest BCUT2D eigenvalue weighted by molar-refractivity contribution is 5.91. The van der Waals surface area contributed by atoms with Gasteiger partial charge in [-0.3, -0.25) is 9.69 Å². The molecule has 134 valence electrons. The van der Waals surface area contributed by atoms with Crippen LogP contribution in [0.25, 0.3) is 0 Å². The molecule has 0 bridgehead atoms. The Morgan fingerprint density at radius 2 is 2.04 bits per heavy atom. The number of amides is 1. The average molecular weight is 334 g/mol. The number of likely N-dealkylation sites (tertiary alicyclic amines) is 1. The summed E-state index contributed by atoms with van der Waals surface area (Å²) in [5.74, 6) is 1.21. The molecule has 2 heterocycles. The Labute approximate surface area is 144 Å². The van der Waals surface area contributed by atoms with Crippen molar-refractivity contribution in [2.24, 2.45) is 5.92 Å². The highest BCUT2D eigenvalue weighted by atomic mass is 16.5. The molecule has 1 N–H and O–H groups in total. The number of anilines is 1. The number of nitrogens with one attached hydrogen (secondary N) is 1. The molecule has 1 amide bonds. The van der Waals surface area contributed by atoms with Gasteiger partial charge in [0.15, 0.2) is 0 Å². The first kappa shape index (κ1) is 17.4. The van der Waals surface area contributed by atoms with Crippen molar-refractivity contribution in [3.63, 3.8) is 0 Å². The van der Waals surface area contributed by atoms with Gasteiger partial charge in [-0.2, -0.15) is 5.10 Å².